The van der Waals surface area contributed by atoms with Crippen molar-refractivity contribution in [2.45, 2.75) is 77.0 Å². The molecule has 0 fully saturated rings. The summed E-state index contributed by atoms with van der Waals surface area (Å²) in [5, 5.41) is 0. The highest BCUT2D eigenvalue weighted by molar-refractivity contribution is 5.91. The second kappa shape index (κ2) is 13.2. The van der Waals surface area contributed by atoms with Crippen LogP contribution >= 0.6 is 0 Å². The van der Waals surface area contributed by atoms with Crippen LogP contribution in [0.15, 0.2) is 60.2 Å². The van der Waals surface area contributed by atoms with Gasteiger partial charge in [0.05, 0.1) is 0 Å². The SMILES string of the molecule is CCCCCCCCCCC1=CCC(c2cc(F)c(C(=O)Oc3ccc(F)cc3)c(F)c2)C=C1. The third kappa shape index (κ3) is 7.61. The van der Waals surface area contributed by atoms with Gasteiger partial charge in [-0.05, 0) is 61.2 Å². The molecule has 1 aliphatic carbocycles. The molecule has 0 aromatic heterocycles. The van der Waals surface area contributed by atoms with Crippen molar-refractivity contribution in [1.29, 1.82) is 0 Å². The van der Waals surface area contributed by atoms with Gasteiger partial charge in [0, 0.05) is 5.92 Å². The van der Waals surface area contributed by atoms with Gasteiger partial charge in [0.2, 0.25) is 0 Å². The Bertz CT molecular complexity index is 986. The molecule has 0 amide bonds. The van der Waals surface area contributed by atoms with Crippen molar-refractivity contribution >= 4 is 5.97 Å². The molecule has 0 aliphatic heterocycles. The van der Waals surface area contributed by atoms with Gasteiger partial charge in [-0.3, -0.25) is 0 Å². The number of hydrogen-bond donors (Lipinski definition) is 0. The largest absolute Gasteiger partial charge is 0.423 e. The van der Waals surface area contributed by atoms with Gasteiger partial charge >= 0.3 is 5.97 Å². The summed E-state index contributed by atoms with van der Waals surface area (Å²) in [4.78, 5) is 12.3. The zero-order valence-electron chi connectivity index (χ0n) is 19.8. The van der Waals surface area contributed by atoms with E-state index in [2.05, 4.69) is 13.0 Å². The van der Waals surface area contributed by atoms with E-state index in [-0.39, 0.29) is 11.7 Å². The van der Waals surface area contributed by atoms with E-state index in [0.29, 0.717) is 12.0 Å². The summed E-state index contributed by atoms with van der Waals surface area (Å²) in [6.07, 6.45) is 18.1. The molecule has 2 aromatic carbocycles. The van der Waals surface area contributed by atoms with Crippen molar-refractivity contribution in [1.82, 2.24) is 0 Å². The zero-order chi connectivity index (χ0) is 24.3. The van der Waals surface area contributed by atoms with Gasteiger partial charge in [0.25, 0.3) is 0 Å². The lowest BCUT2D eigenvalue weighted by molar-refractivity contribution is 0.0724. The first kappa shape index (κ1) is 25.8. The van der Waals surface area contributed by atoms with Gasteiger partial charge in [0.15, 0.2) is 0 Å². The first-order valence-corrected chi connectivity index (χ1v) is 12.3. The van der Waals surface area contributed by atoms with Crippen molar-refractivity contribution in [3.8, 4) is 5.75 Å². The zero-order valence-corrected chi connectivity index (χ0v) is 19.8. The number of carbonyl (C=O) groups is 1. The molecule has 0 saturated carbocycles. The van der Waals surface area contributed by atoms with E-state index in [0.717, 1.165) is 25.0 Å². The third-order valence-electron chi connectivity index (χ3n) is 6.22. The van der Waals surface area contributed by atoms with Gasteiger partial charge in [-0.25, -0.2) is 18.0 Å². The Balaban J connectivity index is 1.50. The summed E-state index contributed by atoms with van der Waals surface area (Å²) in [6, 6.07) is 7.03. The first-order valence-electron chi connectivity index (χ1n) is 12.3. The maximum Gasteiger partial charge on any atom is 0.349 e. The van der Waals surface area contributed by atoms with Gasteiger partial charge in [-0.2, -0.15) is 0 Å². The topological polar surface area (TPSA) is 26.3 Å². The van der Waals surface area contributed by atoms with Gasteiger partial charge < -0.3 is 4.74 Å². The summed E-state index contributed by atoms with van der Waals surface area (Å²) in [6.45, 7) is 2.23. The molecule has 2 nitrogen and oxygen atoms in total. The molecular weight excluding hydrogens is 437 g/mol. The second-order valence-corrected chi connectivity index (χ2v) is 8.91. The normalized spacial score (nSPS) is 15.3. The highest BCUT2D eigenvalue weighted by atomic mass is 19.1. The van der Waals surface area contributed by atoms with Crippen LogP contribution in [0.4, 0.5) is 13.2 Å². The molecule has 0 spiro atoms. The number of allylic oxidation sites excluding steroid dienone is 4. The predicted molar refractivity (Wildman–Crippen MR) is 130 cm³/mol. The van der Waals surface area contributed by atoms with Gasteiger partial charge in [-0.1, -0.05) is 75.7 Å². The fourth-order valence-corrected chi connectivity index (χ4v) is 4.22. The standard InChI is InChI=1S/C29H33F3O2/c1-2-3-4-5-6-7-8-9-10-21-11-13-22(14-12-21)23-19-26(31)28(27(32)20-23)29(33)34-25-17-15-24(30)16-18-25/h11-13,15-20,22H,2-10,14H2,1H3. The number of hydrogen-bond acceptors (Lipinski definition) is 2. The van der Waals surface area contributed by atoms with E-state index < -0.39 is 29.0 Å². The Morgan fingerprint density at radius 2 is 1.53 bits per heavy atom. The molecule has 0 heterocycles. The monoisotopic (exact) mass is 470 g/mol. The summed E-state index contributed by atoms with van der Waals surface area (Å²) in [5.41, 5.74) is 0.994. The van der Waals surface area contributed by atoms with Crippen LogP contribution in [0, 0.1) is 17.5 Å². The van der Waals surface area contributed by atoms with E-state index in [1.165, 1.54) is 74.8 Å². The minimum atomic E-state index is -1.15. The Morgan fingerprint density at radius 1 is 0.912 bits per heavy atom. The summed E-state index contributed by atoms with van der Waals surface area (Å²) in [5.74, 6) is -3.72. The molecule has 0 radical (unpaired) electrons. The predicted octanol–water partition coefficient (Wildman–Crippen LogP) is 8.82. The van der Waals surface area contributed by atoms with Crippen LogP contribution in [-0.4, -0.2) is 5.97 Å². The number of carbonyl (C=O) groups excluding carboxylic acids is 1. The average Bonchev–Trinajstić information content (AvgIpc) is 2.82. The smallest absolute Gasteiger partial charge is 0.349 e. The molecule has 2 aromatic rings. The minimum absolute atomic E-state index is 0.0126. The molecule has 1 unspecified atom stereocenters. The average molecular weight is 471 g/mol. The molecule has 0 saturated heterocycles. The number of unbranched alkanes of at least 4 members (excludes halogenated alkanes) is 7. The van der Waals surface area contributed by atoms with Crippen LogP contribution in [0.2, 0.25) is 0 Å². The molecule has 0 N–H and O–H groups in total. The first-order chi connectivity index (χ1) is 16.5. The van der Waals surface area contributed by atoms with E-state index in [1.807, 2.05) is 12.2 Å². The molecule has 3 rings (SSSR count). The van der Waals surface area contributed by atoms with Crippen molar-refractivity contribution in [3.63, 3.8) is 0 Å². The number of ether oxygens (including phenoxy) is 1. The number of halogens is 3. The maximum absolute atomic E-state index is 14.7. The number of esters is 1. The molecule has 182 valence electrons. The van der Waals surface area contributed by atoms with Crippen molar-refractivity contribution in [2.75, 3.05) is 0 Å². The third-order valence-corrected chi connectivity index (χ3v) is 6.22. The van der Waals surface area contributed by atoms with E-state index in [1.54, 1.807) is 0 Å². The summed E-state index contributed by atoms with van der Waals surface area (Å²) < 4.78 is 47.3. The highest BCUT2D eigenvalue weighted by Gasteiger charge is 2.23. The summed E-state index contributed by atoms with van der Waals surface area (Å²) >= 11 is 0. The lowest BCUT2D eigenvalue weighted by Gasteiger charge is -2.18. The van der Waals surface area contributed by atoms with E-state index in [4.69, 9.17) is 4.74 Å². The van der Waals surface area contributed by atoms with Gasteiger partial charge in [-0.15, -0.1) is 0 Å². The van der Waals surface area contributed by atoms with E-state index >= 15 is 0 Å². The van der Waals surface area contributed by atoms with Crippen LogP contribution < -0.4 is 4.74 Å². The quantitative estimate of drug-likeness (QED) is 0.176. The molecule has 5 heteroatoms. The van der Waals surface area contributed by atoms with Crippen molar-refractivity contribution < 1.29 is 22.7 Å². The fraction of sp³-hybridized carbons (Fsp3) is 0.414. The van der Waals surface area contributed by atoms with Gasteiger partial charge in [0.1, 0.15) is 28.8 Å². The Labute approximate surface area is 200 Å². The lowest BCUT2D eigenvalue weighted by Crippen LogP contribution is -2.14. The molecule has 1 aliphatic rings. The second-order valence-electron chi connectivity index (χ2n) is 8.91. The number of benzene rings is 2. The Kier molecular flexibility index (Phi) is 9.99. The molecule has 1 atom stereocenters. The maximum atomic E-state index is 14.7. The highest BCUT2D eigenvalue weighted by Crippen LogP contribution is 2.31. The van der Waals surface area contributed by atoms with Crippen LogP contribution in [0.1, 0.15) is 93.0 Å². The summed E-state index contributed by atoms with van der Waals surface area (Å²) in [7, 11) is 0. The van der Waals surface area contributed by atoms with Crippen LogP contribution in [0.25, 0.3) is 0 Å². The van der Waals surface area contributed by atoms with Crippen LogP contribution in [-0.2, 0) is 0 Å². The molecule has 0 bridgehead atoms. The lowest BCUT2D eigenvalue weighted by atomic mass is 9.88. The number of rotatable bonds is 12. The van der Waals surface area contributed by atoms with Crippen LogP contribution in [0.3, 0.4) is 0 Å². The minimum Gasteiger partial charge on any atom is -0.423 e. The van der Waals surface area contributed by atoms with Crippen LogP contribution in [0.5, 0.6) is 5.75 Å². The van der Waals surface area contributed by atoms with E-state index in [9.17, 15) is 18.0 Å². The fourth-order valence-electron chi connectivity index (χ4n) is 4.22. The van der Waals surface area contributed by atoms with Crippen molar-refractivity contribution in [3.05, 3.63) is 88.8 Å². The molecular formula is C29H33F3O2. The Hall–Kier alpha value is -2.82. The Morgan fingerprint density at radius 3 is 2.12 bits per heavy atom. The molecule has 34 heavy (non-hydrogen) atoms. The van der Waals surface area contributed by atoms with Crippen molar-refractivity contribution in [2.24, 2.45) is 0 Å².